The molecule has 1 atom stereocenters. The van der Waals surface area contributed by atoms with Crippen molar-refractivity contribution < 1.29 is 13.2 Å². The zero-order chi connectivity index (χ0) is 21.8. The predicted molar refractivity (Wildman–Crippen MR) is 122 cm³/mol. The first-order chi connectivity index (χ1) is 14.9. The zero-order valence-electron chi connectivity index (χ0n) is 17.2. The third kappa shape index (κ3) is 5.48. The van der Waals surface area contributed by atoms with Crippen molar-refractivity contribution >= 4 is 37.5 Å². The average Bonchev–Trinajstić information content (AvgIpc) is 3.18. The molecule has 4 rings (SSSR count). The summed E-state index contributed by atoms with van der Waals surface area (Å²) in [5.41, 5.74) is 1.96. The van der Waals surface area contributed by atoms with Crippen LogP contribution in [0.25, 0.3) is 10.2 Å². The highest BCUT2D eigenvalue weighted by molar-refractivity contribution is 7.89. The van der Waals surface area contributed by atoms with Gasteiger partial charge in [0.2, 0.25) is 15.9 Å². The molecule has 31 heavy (non-hydrogen) atoms. The Balaban J connectivity index is 1.32. The number of nitrogens with two attached hydrogens (primary N) is 1. The molecule has 2 heterocycles. The summed E-state index contributed by atoms with van der Waals surface area (Å²) in [4.78, 5) is 19.7. The van der Waals surface area contributed by atoms with Gasteiger partial charge in [-0.3, -0.25) is 9.69 Å². The number of thiazole rings is 1. The highest BCUT2D eigenvalue weighted by atomic mass is 32.2. The summed E-state index contributed by atoms with van der Waals surface area (Å²) in [6.45, 7) is 1.74. The standard InChI is InChI=1S/C22H26N4O3S2/c23-31(28,29)17-10-8-16(9-11-17)12-13-24-21(27)15-26-14-4-3-6-19(26)22-25-18-5-1-2-7-20(18)30-22/h1-2,5,7-11,19H,3-4,6,12-15H2,(H,24,27)(H2,23,28,29)/t19-/m1/s1. The molecule has 0 aliphatic carbocycles. The number of sulfonamides is 1. The highest BCUT2D eigenvalue weighted by Gasteiger charge is 2.28. The smallest absolute Gasteiger partial charge is 0.238 e. The number of rotatable bonds is 7. The molecule has 7 nitrogen and oxygen atoms in total. The summed E-state index contributed by atoms with van der Waals surface area (Å²) < 4.78 is 23.8. The van der Waals surface area contributed by atoms with Gasteiger partial charge in [-0.25, -0.2) is 18.5 Å². The van der Waals surface area contributed by atoms with Gasteiger partial charge in [0.1, 0.15) is 5.01 Å². The number of benzene rings is 2. The molecule has 1 amide bonds. The Hall–Kier alpha value is -2.33. The molecule has 0 saturated carbocycles. The number of carbonyl (C=O) groups is 1. The first-order valence-electron chi connectivity index (χ1n) is 10.4. The molecule has 1 aromatic heterocycles. The number of amides is 1. The van der Waals surface area contributed by atoms with Gasteiger partial charge >= 0.3 is 0 Å². The van der Waals surface area contributed by atoms with Gasteiger partial charge in [0.05, 0.1) is 27.7 Å². The zero-order valence-corrected chi connectivity index (χ0v) is 18.8. The second kappa shape index (κ2) is 9.44. The van der Waals surface area contributed by atoms with Crippen LogP contribution in [-0.2, 0) is 21.2 Å². The lowest BCUT2D eigenvalue weighted by Crippen LogP contribution is -2.42. The number of primary sulfonamides is 1. The number of nitrogens with zero attached hydrogens (tertiary/aromatic N) is 2. The van der Waals surface area contributed by atoms with Crippen LogP contribution < -0.4 is 10.5 Å². The lowest BCUT2D eigenvalue weighted by molar-refractivity contribution is -0.123. The molecule has 1 fully saturated rings. The fraction of sp³-hybridized carbons (Fsp3) is 0.364. The van der Waals surface area contributed by atoms with Gasteiger partial charge in [-0.15, -0.1) is 11.3 Å². The Morgan fingerprint density at radius 2 is 1.94 bits per heavy atom. The molecule has 164 valence electrons. The van der Waals surface area contributed by atoms with Crippen molar-refractivity contribution in [2.75, 3.05) is 19.6 Å². The molecule has 2 aromatic carbocycles. The minimum Gasteiger partial charge on any atom is -0.355 e. The van der Waals surface area contributed by atoms with Crippen molar-refractivity contribution in [3.8, 4) is 0 Å². The Labute approximate surface area is 186 Å². The molecule has 0 spiro atoms. The van der Waals surface area contributed by atoms with Gasteiger partial charge in [-0.2, -0.15) is 0 Å². The lowest BCUT2D eigenvalue weighted by atomic mass is 10.0. The van der Waals surface area contributed by atoms with Gasteiger partial charge < -0.3 is 5.32 Å². The number of piperidine rings is 1. The average molecular weight is 459 g/mol. The summed E-state index contributed by atoms with van der Waals surface area (Å²) >= 11 is 1.72. The molecule has 0 unspecified atom stereocenters. The van der Waals surface area contributed by atoms with E-state index in [0.717, 1.165) is 41.9 Å². The fourth-order valence-corrected chi connectivity index (χ4v) is 5.58. The van der Waals surface area contributed by atoms with Crippen molar-refractivity contribution in [1.82, 2.24) is 15.2 Å². The Kier molecular flexibility index (Phi) is 6.66. The topological polar surface area (TPSA) is 105 Å². The third-order valence-corrected chi connectivity index (χ3v) is 7.61. The van der Waals surface area contributed by atoms with Crippen molar-refractivity contribution in [1.29, 1.82) is 0 Å². The van der Waals surface area contributed by atoms with Gasteiger partial charge in [0, 0.05) is 6.54 Å². The minimum atomic E-state index is -3.69. The summed E-state index contributed by atoms with van der Waals surface area (Å²) in [6.07, 6.45) is 3.87. The minimum absolute atomic E-state index is 0.00540. The van der Waals surface area contributed by atoms with Crippen LogP contribution >= 0.6 is 11.3 Å². The molecule has 3 N–H and O–H groups in total. The van der Waals surface area contributed by atoms with Gasteiger partial charge in [0.25, 0.3) is 0 Å². The van der Waals surface area contributed by atoms with Crippen LogP contribution in [0.2, 0.25) is 0 Å². The molecule has 0 radical (unpaired) electrons. The Morgan fingerprint density at radius 3 is 2.68 bits per heavy atom. The summed E-state index contributed by atoms with van der Waals surface area (Å²) in [5.74, 6) is -0.00540. The maximum atomic E-state index is 12.6. The van der Waals surface area contributed by atoms with E-state index in [9.17, 15) is 13.2 Å². The van der Waals surface area contributed by atoms with Crippen LogP contribution in [0.5, 0.6) is 0 Å². The quantitative estimate of drug-likeness (QED) is 0.566. The van der Waals surface area contributed by atoms with E-state index in [1.165, 1.54) is 16.8 Å². The molecular weight excluding hydrogens is 432 g/mol. The van der Waals surface area contributed by atoms with Crippen LogP contribution in [-0.4, -0.2) is 43.8 Å². The summed E-state index contributed by atoms with van der Waals surface area (Å²) in [7, 11) is -3.69. The molecule has 3 aromatic rings. The number of hydrogen-bond acceptors (Lipinski definition) is 6. The number of aromatic nitrogens is 1. The second-order valence-corrected chi connectivity index (χ2v) is 10.4. The van der Waals surface area contributed by atoms with E-state index in [1.54, 1.807) is 23.5 Å². The molecule has 1 saturated heterocycles. The molecule has 1 aliphatic heterocycles. The van der Waals surface area contributed by atoms with Crippen molar-refractivity contribution in [2.24, 2.45) is 5.14 Å². The second-order valence-electron chi connectivity index (χ2n) is 7.79. The van der Waals surface area contributed by atoms with E-state index in [-0.39, 0.29) is 16.8 Å². The van der Waals surface area contributed by atoms with E-state index in [0.29, 0.717) is 19.5 Å². The monoisotopic (exact) mass is 458 g/mol. The third-order valence-electron chi connectivity index (χ3n) is 5.54. The molecule has 0 bridgehead atoms. The predicted octanol–water partition coefficient (Wildman–Crippen LogP) is 2.83. The number of fused-ring (bicyclic) bond motifs is 1. The van der Waals surface area contributed by atoms with E-state index in [1.807, 2.05) is 18.2 Å². The SMILES string of the molecule is NS(=O)(=O)c1ccc(CCNC(=O)CN2CCCC[C@@H]2c2nc3ccccc3s2)cc1. The maximum absolute atomic E-state index is 12.6. The number of para-hydroxylation sites is 1. The first-order valence-corrected chi connectivity index (χ1v) is 12.7. The fourth-order valence-electron chi connectivity index (χ4n) is 3.92. The van der Waals surface area contributed by atoms with E-state index in [4.69, 9.17) is 10.1 Å². The van der Waals surface area contributed by atoms with Gasteiger partial charge in [-0.05, 0) is 55.6 Å². The first kappa shape index (κ1) is 21.9. The van der Waals surface area contributed by atoms with Crippen LogP contribution in [0.4, 0.5) is 0 Å². The van der Waals surface area contributed by atoms with Crippen molar-refractivity contribution in [2.45, 2.75) is 36.6 Å². The molecule has 1 aliphatic rings. The lowest BCUT2D eigenvalue weighted by Gasteiger charge is -2.33. The molecule has 9 heteroatoms. The Morgan fingerprint density at radius 1 is 1.16 bits per heavy atom. The number of nitrogens with one attached hydrogen (secondary N) is 1. The van der Waals surface area contributed by atoms with E-state index < -0.39 is 10.0 Å². The van der Waals surface area contributed by atoms with Crippen LogP contribution in [0.15, 0.2) is 53.4 Å². The van der Waals surface area contributed by atoms with E-state index in [2.05, 4.69) is 16.3 Å². The molecular formula is C22H26N4O3S2. The van der Waals surface area contributed by atoms with Crippen LogP contribution in [0, 0.1) is 0 Å². The van der Waals surface area contributed by atoms with Crippen molar-refractivity contribution in [3.63, 3.8) is 0 Å². The number of carbonyl (C=O) groups excluding carboxylic acids is 1. The number of likely N-dealkylation sites (tertiary alicyclic amines) is 1. The normalized spacial score (nSPS) is 17.6. The van der Waals surface area contributed by atoms with Gasteiger partial charge in [-0.1, -0.05) is 30.7 Å². The van der Waals surface area contributed by atoms with Crippen molar-refractivity contribution in [3.05, 3.63) is 59.1 Å². The number of hydrogen-bond donors (Lipinski definition) is 2. The largest absolute Gasteiger partial charge is 0.355 e. The van der Waals surface area contributed by atoms with Gasteiger partial charge in [0.15, 0.2) is 0 Å². The van der Waals surface area contributed by atoms with E-state index >= 15 is 0 Å². The maximum Gasteiger partial charge on any atom is 0.238 e. The Bertz CT molecular complexity index is 1130. The van der Waals surface area contributed by atoms with Crippen LogP contribution in [0.1, 0.15) is 35.9 Å². The van der Waals surface area contributed by atoms with Crippen LogP contribution in [0.3, 0.4) is 0 Å². The summed E-state index contributed by atoms with van der Waals surface area (Å²) in [5, 5.41) is 9.19. The summed E-state index contributed by atoms with van der Waals surface area (Å²) in [6, 6.07) is 14.8. The highest BCUT2D eigenvalue weighted by Crippen LogP contribution is 2.35.